The van der Waals surface area contributed by atoms with E-state index in [0.29, 0.717) is 36.0 Å². The average Bonchev–Trinajstić information content (AvgIpc) is 3.29. The third-order valence-electron chi connectivity index (χ3n) is 10.1. The molecule has 0 unspecified atom stereocenters. The summed E-state index contributed by atoms with van der Waals surface area (Å²) in [6, 6.07) is 4.79. The van der Waals surface area contributed by atoms with E-state index in [0.717, 1.165) is 63.5 Å². The number of nitriles is 1. The number of aromatic nitrogens is 2. The van der Waals surface area contributed by atoms with Crippen LogP contribution < -0.4 is 0 Å². The summed E-state index contributed by atoms with van der Waals surface area (Å²) in [6.45, 7) is 6.66. The Hall–Kier alpha value is -1.67. The highest BCUT2D eigenvalue weighted by atomic mass is 16.3. The van der Waals surface area contributed by atoms with Crippen LogP contribution in [0.15, 0.2) is 12.3 Å². The first-order chi connectivity index (χ1) is 14.7. The molecule has 0 aliphatic heterocycles. The monoisotopic (exact) mass is 423 g/mol. The lowest BCUT2D eigenvalue weighted by Gasteiger charge is -2.60. The number of carbonyl (C=O) groups excluding carboxylic acids is 1. The molecular formula is C26H37N3O2. The lowest BCUT2D eigenvalue weighted by atomic mass is 9.43. The Morgan fingerprint density at radius 2 is 2.00 bits per heavy atom. The number of aryl methyl sites for hydroxylation is 1. The Balaban J connectivity index is 1.37. The van der Waals surface area contributed by atoms with Crippen LogP contribution in [0.4, 0.5) is 0 Å². The number of Topliss-reactive ketones (excluding diaryl/α,β-unsaturated/α-hetero) is 1. The summed E-state index contributed by atoms with van der Waals surface area (Å²) < 4.78 is 1.80. The number of hydrogen-bond donors (Lipinski definition) is 1. The molecule has 5 rings (SSSR count). The Labute approximate surface area is 186 Å². The van der Waals surface area contributed by atoms with Crippen LogP contribution in [0, 0.1) is 58.7 Å². The van der Waals surface area contributed by atoms with Gasteiger partial charge in [0.1, 0.15) is 0 Å². The van der Waals surface area contributed by atoms with Crippen LogP contribution in [-0.2, 0) is 11.3 Å². The molecule has 0 spiro atoms. The van der Waals surface area contributed by atoms with Crippen molar-refractivity contribution in [1.82, 2.24) is 9.78 Å². The SMILES string of the molecule is Cc1ccn(CC(=O)[C@H]2CC[C@H]3[C@@H]4CC[C@H]5C[C@](C)(O)CC[C@]5(C#N)[C@H]4CC[C@]23C)n1. The second-order valence-electron chi connectivity index (χ2n) is 11.8. The van der Waals surface area contributed by atoms with Crippen molar-refractivity contribution >= 4 is 5.78 Å². The van der Waals surface area contributed by atoms with Gasteiger partial charge in [-0.05, 0) is 107 Å². The molecule has 4 aliphatic carbocycles. The largest absolute Gasteiger partial charge is 0.390 e. The molecule has 168 valence electrons. The quantitative estimate of drug-likeness (QED) is 0.766. The highest BCUT2D eigenvalue weighted by molar-refractivity contribution is 5.82. The maximum absolute atomic E-state index is 13.3. The molecule has 1 N–H and O–H groups in total. The van der Waals surface area contributed by atoms with Gasteiger partial charge in [-0.15, -0.1) is 0 Å². The van der Waals surface area contributed by atoms with E-state index < -0.39 is 5.60 Å². The van der Waals surface area contributed by atoms with E-state index in [9.17, 15) is 15.2 Å². The van der Waals surface area contributed by atoms with Crippen LogP contribution >= 0.6 is 0 Å². The molecule has 0 bridgehead atoms. The van der Waals surface area contributed by atoms with Crippen LogP contribution in [0.25, 0.3) is 0 Å². The first kappa shape index (κ1) is 21.2. The van der Waals surface area contributed by atoms with Gasteiger partial charge in [-0.3, -0.25) is 9.48 Å². The second-order valence-corrected chi connectivity index (χ2v) is 11.8. The van der Waals surface area contributed by atoms with Crippen molar-refractivity contribution in [1.29, 1.82) is 5.26 Å². The summed E-state index contributed by atoms with van der Waals surface area (Å²) in [5.41, 5.74) is 0.135. The zero-order chi connectivity index (χ0) is 22.0. The van der Waals surface area contributed by atoms with E-state index in [4.69, 9.17) is 0 Å². The van der Waals surface area contributed by atoms with Crippen LogP contribution in [-0.4, -0.2) is 26.3 Å². The fourth-order valence-corrected chi connectivity index (χ4v) is 8.65. The smallest absolute Gasteiger partial charge is 0.157 e. The molecule has 5 nitrogen and oxygen atoms in total. The zero-order valence-corrected chi connectivity index (χ0v) is 19.3. The van der Waals surface area contributed by atoms with Gasteiger partial charge in [0.25, 0.3) is 0 Å². The molecule has 5 heteroatoms. The molecular weight excluding hydrogens is 386 g/mol. The zero-order valence-electron chi connectivity index (χ0n) is 19.3. The maximum Gasteiger partial charge on any atom is 0.157 e. The summed E-state index contributed by atoms with van der Waals surface area (Å²) in [6.07, 6.45) is 10.7. The van der Waals surface area contributed by atoms with E-state index in [1.54, 1.807) is 4.68 Å². The second kappa shape index (κ2) is 7.17. The Morgan fingerprint density at radius 3 is 2.71 bits per heavy atom. The van der Waals surface area contributed by atoms with E-state index in [-0.39, 0.29) is 16.7 Å². The van der Waals surface area contributed by atoms with Gasteiger partial charge in [-0.2, -0.15) is 10.4 Å². The Morgan fingerprint density at radius 1 is 1.19 bits per heavy atom. The molecule has 0 amide bonds. The minimum absolute atomic E-state index is 0.0596. The fourth-order valence-electron chi connectivity index (χ4n) is 8.65. The van der Waals surface area contributed by atoms with Crippen molar-refractivity contribution in [2.45, 2.75) is 90.7 Å². The molecule has 0 saturated heterocycles. The third-order valence-corrected chi connectivity index (χ3v) is 10.1. The maximum atomic E-state index is 13.3. The van der Waals surface area contributed by atoms with Gasteiger partial charge < -0.3 is 5.11 Å². The van der Waals surface area contributed by atoms with Gasteiger partial charge in [-0.1, -0.05) is 6.92 Å². The molecule has 4 saturated carbocycles. The number of ketones is 1. The Kier molecular flexibility index (Phi) is 4.90. The fraction of sp³-hybridized carbons (Fsp3) is 0.808. The molecule has 0 radical (unpaired) electrons. The van der Waals surface area contributed by atoms with Crippen LogP contribution in [0.2, 0.25) is 0 Å². The first-order valence-corrected chi connectivity index (χ1v) is 12.3. The molecule has 4 aliphatic rings. The minimum Gasteiger partial charge on any atom is -0.390 e. The number of carbonyl (C=O) groups is 1. The Bertz CT molecular complexity index is 914. The van der Waals surface area contributed by atoms with E-state index in [2.05, 4.69) is 18.1 Å². The lowest BCUT2D eigenvalue weighted by molar-refractivity contribution is -0.140. The summed E-state index contributed by atoms with van der Waals surface area (Å²) in [5, 5.41) is 25.5. The highest BCUT2D eigenvalue weighted by Gasteiger charge is 2.63. The van der Waals surface area contributed by atoms with Crippen molar-refractivity contribution in [2.75, 3.05) is 0 Å². The van der Waals surface area contributed by atoms with E-state index in [1.165, 1.54) is 0 Å². The number of nitrogens with zero attached hydrogens (tertiary/aromatic N) is 3. The van der Waals surface area contributed by atoms with E-state index >= 15 is 0 Å². The van der Waals surface area contributed by atoms with Gasteiger partial charge in [0, 0.05) is 12.1 Å². The molecule has 4 fully saturated rings. The molecule has 0 aromatic carbocycles. The van der Waals surface area contributed by atoms with Crippen LogP contribution in [0.3, 0.4) is 0 Å². The predicted octanol–water partition coefficient (Wildman–Crippen LogP) is 4.67. The van der Waals surface area contributed by atoms with Crippen molar-refractivity contribution in [3.05, 3.63) is 18.0 Å². The number of hydrogen-bond acceptors (Lipinski definition) is 4. The third kappa shape index (κ3) is 3.20. The molecule has 1 aromatic rings. The van der Waals surface area contributed by atoms with E-state index in [1.807, 2.05) is 26.1 Å². The highest BCUT2D eigenvalue weighted by Crippen LogP contribution is 2.68. The van der Waals surface area contributed by atoms with Crippen LogP contribution in [0.5, 0.6) is 0 Å². The minimum atomic E-state index is -0.614. The molecule has 1 heterocycles. The van der Waals surface area contributed by atoms with Gasteiger partial charge >= 0.3 is 0 Å². The van der Waals surface area contributed by atoms with Crippen molar-refractivity contribution in [3.8, 4) is 6.07 Å². The van der Waals surface area contributed by atoms with Crippen molar-refractivity contribution < 1.29 is 9.90 Å². The summed E-state index contributed by atoms with van der Waals surface area (Å²) in [5.74, 6) is 2.33. The van der Waals surface area contributed by atoms with Gasteiger partial charge in [0.05, 0.1) is 29.3 Å². The molecule has 31 heavy (non-hydrogen) atoms. The van der Waals surface area contributed by atoms with Gasteiger partial charge in [0.2, 0.25) is 0 Å². The average molecular weight is 424 g/mol. The van der Waals surface area contributed by atoms with Gasteiger partial charge in [0.15, 0.2) is 5.78 Å². The summed E-state index contributed by atoms with van der Waals surface area (Å²) >= 11 is 0. The summed E-state index contributed by atoms with van der Waals surface area (Å²) in [4.78, 5) is 13.3. The molecule has 1 aromatic heterocycles. The predicted molar refractivity (Wildman–Crippen MR) is 118 cm³/mol. The van der Waals surface area contributed by atoms with Crippen LogP contribution in [0.1, 0.15) is 77.3 Å². The van der Waals surface area contributed by atoms with Crippen molar-refractivity contribution in [3.63, 3.8) is 0 Å². The number of fused-ring (bicyclic) bond motifs is 5. The summed E-state index contributed by atoms with van der Waals surface area (Å²) in [7, 11) is 0. The normalized spacial score (nSPS) is 46.5. The number of aliphatic hydroxyl groups is 1. The topological polar surface area (TPSA) is 78.9 Å². The van der Waals surface area contributed by atoms with Crippen molar-refractivity contribution in [2.24, 2.45) is 40.4 Å². The lowest BCUT2D eigenvalue weighted by Crippen LogP contribution is -2.56. The number of rotatable bonds is 3. The molecule has 8 atom stereocenters. The standard InChI is InChI=1S/C26H37N3O2/c1-17-9-13-29(28-17)15-23(30)22-7-6-20-19-5-4-18-14-24(2,31)11-12-26(18,16-27)21(19)8-10-25(20,22)3/h9,13,18-22,31H,4-8,10-12,14-15H2,1-3H3/t18-,19-,20-,21-,22+,24+,25-,26+/m0/s1. The van der Waals surface area contributed by atoms with Gasteiger partial charge in [-0.25, -0.2) is 0 Å². The first-order valence-electron chi connectivity index (χ1n) is 12.3.